The van der Waals surface area contributed by atoms with E-state index in [1.54, 1.807) is 0 Å². The van der Waals surface area contributed by atoms with Gasteiger partial charge in [-0.1, -0.05) is 33.8 Å². The highest BCUT2D eigenvalue weighted by atomic mass is 16.5. The number of carbonyl (C=O) groups excluding carboxylic acids is 2. The van der Waals surface area contributed by atoms with E-state index in [4.69, 9.17) is 4.74 Å². The Hall–Kier alpha value is -2.14. The highest BCUT2D eigenvalue weighted by Gasteiger charge is 2.69. The SMILES string of the molecule is CC1(C)C(C(=O)N(CC2CCOCC2)C(=O)c2ccc3cc[nH]c3c2)C1(C)C. The van der Waals surface area contributed by atoms with E-state index in [0.717, 1.165) is 23.7 Å². The van der Waals surface area contributed by atoms with E-state index in [2.05, 4.69) is 32.7 Å². The number of hydrogen-bond donors (Lipinski definition) is 1. The number of carbonyl (C=O) groups is 2. The average Bonchev–Trinajstić information content (AvgIpc) is 2.99. The molecule has 1 N–H and O–H groups in total. The van der Waals surface area contributed by atoms with Crippen LogP contribution < -0.4 is 0 Å². The number of rotatable bonds is 4. The van der Waals surface area contributed by atoms with Crippen LogP contribution in [0.1, 0.15) is 50.9 Å². The van der Waals surface area contributed by atoms with Crippen LogP contribution in [-0.2, 0) is 9.53 Å². The molecule has 28 heavy (non-hydrogen) atoms. The zero-order chi connectivity index (χ0) is 20.1. The molecule has 4 rings (SSSR count). The number of nitrogens with one attached hydrogen (secondary N) is 1. The Kier molecular flexibility index (Phi) is 4.61. The second-order valence-corrected chi connectivity index (χ2v) is 9.47. The van der Waals surface area contributed by atoms with E-state index in [0.29, 0.717) is 31.2 Å². The van der Waals surface area contributed by atoms with Crippen LogP contribution in [0.25, 0.3) is 10.9 Å². The Labute approximate surface area is 166 Å². The average molecular weight is 383 g/mol. The van der Waals surface area contributed by atoms with Crippen LogP contribution in [0, 0.1) is 22.7 Å². The Morgan fingerprint density at radius 2 is 1.79 bits per heavy atom. The molecule has 0 unspecified atom stereocenters. The summed E-state index contributed by atoms with van der Waals surface area (Å²) in [7, 11) is 0. The van der Waals surface area contributed by atoms with Gasteiger partial charge in [0.05, 0.1) is 0 Å². The molecular formula is C23H30N2O3. The Balaban J connectivity index is 1.63. The number of aromatic nitrogens is 1. The van der Waals surface area contributed by atoms with Crippen molar-refractivity contribution in [1.82, 2.24) is 9.88 Å². The fourth-order valence-electron chi connectivity index (χ4n) is 4.77. The second-order valence-electron chi connectivity index (χ2n) is 9.47. The summed E-state index contributed by atoms with van der Waals surface area (Å²) in [6.45, 7) is 10.4. The zero-order valence-corrected chi connectivity index (χ0v) is 17.2. The number of amides is 2. The predicted octanol–water partition coefficient (Wildman–Crippen LogP) is 4.25. The van der Waals surface area contributed by atoms with Gasteiger partial charge in [-0.15, -0.1) is 0 Å². The molecule has 1 saturated carbocycles. The van der Waals surface area contributed by atoms with Crippen LogP contribution >= 0.6 is 0 Å². The van der Waals surface area contributed by atoms with E-state index < -0.39 is 0 Å². The molecular weight excluding hydrogens is 352 g/mol. The van der Waals surface area contributed by atoms with Gasteiger partial charge in [-0.25, -0.2) is 0 Å². The number of nitrogens with zero attached hydrogens (tertiary/aromatic N) is 1. The van der Waals surface area contributed by atoms with Crippen LogP contribution in [0.5, 0.6) is 0 Å². The van der Waals surface area contributed by atoms with E-state index in [1.165, 1.54) is 4.90 Å². The molecule has 2 aliphatic rings. The molecule has 1 saturated heterocycles. The maximum absolute atomic E-state index is 13.5. The van der Waals surface area contributed by atoms with Crippen molar-refractivity contribution >= 4 is 22.7 Å². The molecule has 5 heteroatoms. The predicted molar refractivity (Wildman–Crippen MR) is 109 cm³/mol. The van der Waals surface area contributed by atoms with E-state index in [1.807, 2.05) is 30.5 Å². The summed E-state index contributed by atoms with van der Waals surface area (Å²) in [6.07, 6.45) is 3.65. The normalized spacial score (nSPS) is 21.6. The molecule has 0 atom stereocenters. The zero-order valence-electron chi connectivity index (χ0n) is 17.2. The summed E-state index contributed by atoms with van der Waals surface area (Å²) in [5.41, 5.74) is 1.28. The number of benzene rings is 1. The van der Waals surface area contributed by atoms with Crippen molar-refractivity contribution in [1.29, 1.82) is 0 Å². The van der Waals surface area contributed by atoms with Crippen LogP contribution in [0.3, 0.4) is 0 Å². The summed E-state index contributed by atoms with van der Waals surface area (Å²) in [6, 6.07) is 7.59. The number of aromatic amines is 1. The third-order valence-corrected chi connectivity index (χ3v) is 7.36. The smallest absolute Gasteiger partial charge is 0.260 e. The quantitative estimate of drug-likeness (QED) is 0.804. The maximum Gasteiger partial charge on any atom is 0.260 e. The van der Waals surface area contributed by atoms with Crippen LogP contribution in [0.4, 0.5) is 0 Å². The molecule has 1 aliphatic carbocycles. The number of imide groups is 1. The highest BCUT2D eigenvalue weighted by Crippen LogP contribution is 2.68. The van der Waals surface area contributed by atoms with Crippen molar-refractivity contribution in [2.75, 3.05) is 19.8 Å². The van der Waals surface area contributed by atoms with Crippen molar-refractivity contribution in [3.63, 3.8) is 0 Å². The Morgan fingerprint density at radius 1 is 1.11 bits per heavy atom. The number of ether oxygens (including phenoxy) is 1. The molecule has 1 aliphatic heterocycles. The minimum atomic E-state index is -0.188. The van der Waals surface area contributed by atoms with Gasteiger partial charge >= 0.3 is 0 Å². The monoisotopic (exact) mass is 382 g/mol. The minimum Gasteiger partial charge on any atom is -0.381 e. The Morgan fingerprint density at radius 3 is 2.43 bits per heavy atom. The molecule has 5 nitrogen and oxygen atoms in total. The van der Waals surface area contributed by atoms with Crippen LogP contribution in [0.2, 0.25) is 0 Å². The molecule has 1 aromatic heterocycles. The fourth-order valence-corrected chi connectivity index (χ4v) is 4.77. The minimum absolute atomic E-state index is 0.0296. The molecule has 2 heterocycles. The maximum atomic E-state index is 13.5. The second kappa shape index (κ2) is 6.73. The first-order valence-corrected chi connectivity index (χ1v) is 10.2. The van der Waals surface area contributed by atoms with Gasteiger partial charge in [0.25, 0.3) is 5.91 Å². The van der Waals surface area contributed by atoms with Gasteiger partial charge in [-0.05, 0) is 53.2 Å². The molecule has 150 valence electrons. The van der Waals surface area contributed by atoms with Gasteiger partial charge in [0.2, 0.25) is 5.91 Å². The molecule has 0 radical (unpaired) electrons. The molecule has 2 aromatic rings. The summed E-state index contributed by atoms with van der Waals surface area (Å²) in [4.78, 5) is 31.6. The fraction of sp³-hybridized carbons (Fsp3) is 0.565. The first-order chi connectivity index (χ1) is 13.2. The van der Waals surface area contributed by atoms with Gasteiger partial charge in [0, 0.05) is 43.0 Å². The number of fused-ring (bicyclic) bond motifs is 1. The Bertz CT molecular complexity index is 891. The molecule has 1 aromatic carbocycles. The first-order valence-electron chi connectivity index (χ1n) is 10.2. The van der Waals surface area contributed by atoms with Gasteiger partial charge in [-0.3, -0.25) is 14.5 Å². The molecule has 2 amide bonds. The number of H-pyrrole nitrogens is 1. The van der Waals surface area contributed by atoms with Gasteiger partial charge in [0.1, 0.15) is 0 Å². The lowest BCUT2D eigenvalue weighted by molar-refractivity contribution is -0.132. The van der Waals surface area contributed by atoms with Crippen molar-refractivity contribution in [3.8, 4) is 0 Å². The van der Waals surface area contributed by atoms with Gasteiger partial charge in [0.15, 0.2) is 0 Å². The lowest BCUT2D eigenvalue weighted by Gasteiger charge is -2.29. The molecule has 2 fully saturated rings. The van der Waals surface area contributed by atoms with E-state index >= 15 is 0 Å². The van der Waals surface area contributed by atoms with E-state index in [-0.39, 0.29) is 28.6 Å². The van der Waals surface area contributed by atoms with Crippen LogP contribution in [0.15, 0.2) is 30.5 Å². The first kappa shape index (κ1) is 19.2. The van der Waals surface area contributed by atoms with Gasteiger partial charge < -0.3 is 9.72 Å². The molecule has 0 spiro atoms. The third-order valence-electron chi connectivity index (χ3n) is 7.36. The number of hydrogen-bond acceptors (Lipinski definition) is 3. The molecule has 0 bridgehead atoms. The van der Waals surface area contributed by atoms with Crippen molar-refractivity contribution in [2.45, 2.75) is 40.5 Å². The largest absolute Gasteiger partial charge is 0.381 e. The lowest BCUT2D eigenvalue weighted by atomic mass is 9.98. The standard InChI is InChI=1S/C23H30N2O3/c1-22(2)19(23(22,3)4)21(27)25(14-15-8-11-28-12-9-15)20(26)17-6-5-16-7-10-24-18(16)13-17/h5-7,10,13,15,19,24H,8-9,11-12,14H2,1-4H3. The van der Waals surface area contributed by atoms with Gasteiger partial charge in [-0.2, -0.15) is 0 Å². The van der Waals surface area contributed by atoms with E-state index in [9.17, 15) is 9.59 Å². The lowest BCUT2D eigenvalue weighted by Crippen LogP contribution is -2.43. The summed E-state index contributed by atoms with van der Waals surface area (Å²) < 4.78 is 5.46. The van der Waals surface area contributed by atoms with Crippen molar-refractivity contribution < 1.29 is 14.3 Å². The summed E-state index contributed by atoms with van der Waals surface area (Å²) >= 11 is 0. The van der Waals surface area contributed by atoms with Crippen molar-refractivity contribution in [3.05, 3.63) is 36.0 Å². The summed E-state index contributed by atoms with van der Waals surface area (Å²) in [5, 5.41) is 1.06. The topological polar surface area (TPSA) is 62.4 Å². The van der Waals surface area contributed by atoms with Crippen molar-refractivity contribution in [2.24, 2.45) is 22.7 Å². The third kappa shape index (κ3) is 3.06. The van der Waals surface area contributed by atoms with Crippen LogP contribution in [-0.4, -0.2) is 41.5 Å². The highest BCUT2D eigenvalue weighted by molar-refractivity contribution is 6.07. The summed E-state index contributed by atoms with van der Waals surface area (Å²) in [5.74, 6) is -0.0385.